The molecule has 0 heterocycles. The van der Waals surface area contributed by atoms with E-state index in [0.29, 0.717) is 5.92 Å². The highest BCUT2D eigenvalue weighted by Crippen LogP contribution is 2.40. The lowest BCUT2D eigenvalue weighted by molar-refractivity contribution is -0.00881. The molecule has 1 nitrogen and oxygen atoms in total. The van der Waals surface area contributed by atoms with Gasteiger partial charge in [-0.15, -0.1) is 6.58 Å². The minimum atomic E-state index is -0.661. The predicted molar refractivity (Wildman–Crippen MR) is 92.7 cm³/mol. The van der Waals surface area contributed by atoms with Crippen LogP contribution in [0.15, 0.2) is 61.2 Å². The quantitative estimate of drug-likeness (QED) is 0.768. The van der Waals surface area contributed by atoms with Gasteiger partial charge in [0.2, 0.25) is 0 Å². The molecule has 0 radical (unpaired) electrons. The maximum absolute atomic E-state index is 10.9. The van der Waals surface area contributed by atoms with Gasteiger partial charge < -0.3 is 5.11 Å². The Morgan fingerprint density at radius 1 is 0.955 bits per heavy atom. The van der Waals surface area contributed by atoms with E-state index in [1.807, 2.05) is 6.08 Å². The maximum Gasteiger partial charge on any atom is 0.0897 e. The van der Waals surface area contributed by atoms with Gasteiger partial charge in [-0.2, -0.15) is 0 Å². The SMILES string of the molecule is C=CC1CCC(O)(c2ccc(-c3ccc(C)cc3)cc2)CC1. The minimum Gasteiger partial charge on any atom is -0.385 e. The lowest BCUT2D eigenvalue weighted by Gasteiger charge is -2.35. The fraction of sp³-hybridized carbons (Fsp3) is 0.333. The topological polar surface area (TPSA) is 20.2 Å². The average molecular weight is 292 g/mol. The van der Waals surface area contributed by atoms with Crippen molar-refractivity contribution >= 4 is 0 Å². The maximum atomic E-state index is 10.9. The number of aliphatic hydroxyl groups is 1. The Labute approximate surface area is 133 Å². The molecule has 0 unspecified atom stereocenters. The normalized spacial score (nSPS) is 24.9. The number of aryl methyl sites for hydroxylation is 1. The molecule has 1 N–H and O–H groups in total. The van der Waals surface area contributed by atoms with Gasteiger partial charge in [0.15, 0.2) is 0 Å². The van der Waals surface area contributed by atoms with Gasteiger partial charge in [-0.05, 0) is 55.2 Å². The van der Waals surface area contributed by atoms with Crippen LogP contribution in [-0.4, -0.2) is 5.11 Å². The van der Waals surface area contributed by atoms with Crippen LogP contribution >= 0.6 is 0 Å². The first kappa shape index (κ1) is 15.1. The molecule has 0 aromatic heterocycles. The molecule has 0 amide bonds. The fourth-order valence-electron chi connectivity index (χ4n) is 3.36. The van der Waals surface area contributed by atoms with E-state index in [2.05, 4.69) is 62.0 Å². The van der Waals surface area contributed by atoms with E-state index in [-0.39, 0.29) is 0 Å². The molecule has 2 aromatic carbocycles. The monoisotopic (exact) mass is 292 g/mol. The fourth-order valence-corrected chi connectivity index (χ4v) is 3.36. The van der Waals surface area contributed by atoms with Gasteiger partial charge in [0.1, 0.15) is 0 Å². The summed E-state index contributed by atoms with van der Waals surface area (Å²) < 4.78 is 0. The van der Waals surface area contributed by atoms with E-state index < -0.39 is 5.60 Å². The van der Waals surface area contributed by atoms with Gasteiger partial charge in [-0.25, -0.2) is 0 Å². The molecular formula is C21H24O. The van der Waals surface area contributed by atoms with Gasteiger partial charge >= 0.3 is 0 Å². The summed E-state index contributed by atoms with van der Waals surface area (Å²) in [5.41, 5.74) is 4.08. The Hall–Kier alpha value is -1.86. The predicted octanol–water partition coefficient (Wildman–Crippen LogP) is 5.23. The van der Waals surface area contributed by atoms with Crippen molar-refractivity contribution in [3.05, 3.63) is 72.3 Å². The third-order valence-electron chi connectivity index (χ3n) is 5.00. The van der Waals surface area contributed by atoms with E-state index in [9.17, 15) is 5.11 Å². The van der Waals surface area contributed by atoms with Crippen LogP contribution in [0.5, 0.6) is 0 Å². The molecule has 1 fully saturated rings. The molecule has 0 bridgehead atoms. The molecule has 0 aliphatic heterocycles. The van der Waals surface area contributed by atoms with Crippen LogP contribution in [0.25, 0.3) is 11.1 Å². The number of allylic oxidation sites excluding steroid dienone is 1. The summed E-state index contributed by atoms with van der Waals surface area (Å²) >= 11 is 0. The summed E-state index contributed by atoms with van der Waals surface area (Å²) in [6.07, 6.45) is 5.74. The molecular weight excluding hydrogens is 268 g/mol. The molecule has 1 saturated carbocycles. The van der Waals surface area contributed by atoms with Crippen LogP contribution in [0, 0.1) is 12.8 Å². The summed E-state index contributed by atoms with van der Waals surface area (Å²) in [5.74, 6) is 0.562. The summed E-state index contributed by atoms with van der Waals surface area (Å²) in [4.78, 5) is 0. The first-order chi connectivity index (χ1) is 10.6. The Balaban J connectivity index is 1.79. The molecule has 2 aromatic rings. The molecule has 22 heavy (non-hydrogen) atoms. The number of hydrogen-bond donors (Lipinski definition) is 1. The second kappa shape index (κ2) is 6.10. The highest BCUT2D eigenvalue weighted by atomic mass is 16.3. The lowest BCUT2D eigenvalue weighted by Crippen LogP contribution is -2.30. The first-order valence-electron chi connectivity index (χ1n) is 8.13. The zero-order valence-electron chi connectivity index (χ0n) is 13.3. The van der Waals surface area contributed by atoms with Crippen LogP contribution in [-0.2, 0) is 5.60 Å². The second-order valence-electron chi connectivity index (χ2n) is 6.55. The van der Waals surface area contributed by atoms with E-state index in [1.54, 1.807) is 0 Å². The highest BCUT2D eigenvalue weighted by Gasteiger charge is 2.33. The third-order valence-corrected chi connectivity index (χ3v) is 5.00. The van der Waals surface area contributed by atoms with Crippen molar-refractivity contribution < 1.29 is 5.11 Å². The number of benzene rings is 2. The third kappa shape index (κ3) is 3.00. The van der Waals surface area contributed by atoms with Crippen LogP contribution in [0.1, 0.15) is 36.8 Å². The molecule has 0 saturated heterocycles. The molecule has 1 aliphatic rings. The van der Waals surface area contributed by atoms with Crippen molar-refractivity contribution in [2.24, 2.45) is 5.92 Å². The van der Waals surface area contributed by atoms with E-state index in [0.717, 1.165) is 31.2 Å². The molecule has 114 valence electrons. The summed E-state index contributed by atoms with van der Waals surface area (Å²) in [6, 6.07) is 17.0. The van der Waals surface area contributed by atoms with Crippen LogP contribution in [0.4, 0.5) is 0 Å². The summed E-state index contributed by atoms with van der Waals surface area (Å²) in [5, 5.41) is 10.9. The number of hydrogen-bond acceptors (Lipinski definition) is 1. The minimum absolute atomic E-state index is 0.562. The molecule has 0 spiro atoms. The highest BCUT2D eigenvalue weighted by molar-refractivity contribution is 5.64. The van der Waals surface area contributed by atoms with Crippen molar-refractivity contribution in [2.45, 2.75) is 38.2 Å². The second-order valence-corrected chi connectivity index (χ2v) is 6.55. The number of rotatable bonds is 3. The van der Waals surface area contributed by atoms with Crippen molar-refractivity contribution in [3.8, 4) is 11.1 Å². The Morgan fingerprint density at radius 3 is 1.95 bits per heavy atom. The zero-order chi connectivity index (χ0) is 15.6. The van der Waals surface area contributed by atoms with Gasteiger partial charge in [-0.1, -0.05) is 60.2 Å². The van der Waals surface area contributed by atoms with E-state index in [1.165, 1.54) is 16.7 Å². The van der Waals surface area contributed by atoms with Crippen molar-refractivity contribution in [1.82, 2.24) is 0 Å². The van der Waals surface area contributed by atoms with Gasteiger partial charge in [0, 0.05) is 0 Å². The van der Waals surface area contributed by atoms with Crippen LogP contribution < -0.4 is 0 Å². The molecule has 3 rings (SSSR count). The van der Waals surface area contributed by atoms with E-state index in [4.69, 9.17) is 0 Å². The Kier molecular flexibility index (Phi) is 4.17. The van der Waals surface area contributed by atoms with Crippen molar-refractivity contribution in [1.29, 1.82) is 0 Å². The lowest BCUT2D eigenvalue weighted by atomic mass is 9.75. The Morgan fingerprint density at radius 2 is 1.45 bits per heavy atom. The average Bonchev–Trinajstić information content (AvgIpc) is 2.56. The van der Waals surface area contributed by atoms with Crippen molar-refractivity contribution in [3.63, 3.8) is 0 Å². The zero-order valence-corrected chi connectivity index (χ0v) is 13.3. The summed E-state index contributed by atoms with van der Waals surface area (Å²) in [7, 11) is 0. The van der Waals surface area contributed by atoms with Crippen LogP contribution in [0.3, 0.4) is 0 Å². The largest absolute Gasteiger partial charge is 0.385 e. The van der Waals surface area contributed by atoms with E-state index >= 15 is 0 Å². The molecule has 1 aliphatic carbocycles. The van der Waals surface area contributed by atoms with Gasteiger partial charge in [0.05, 0.1) is 5.60 Å². The van der Waals surface area contributed by atoms with Crippen molar-refractivity contribution in [2.75, 3.05) is 0 Å². The van der Waals surface area contributed by atoms with Gasteiger partial charge in [-0.3, -0.25) is 0 Å². The first-order valence-corrected chi connectivity index (χ1v) is 8.13. The molecule has 1 heteroatoms. The van der Waals surface area contributed by atoms with Crippen LogP contribution in [0.2, 0.25) is 0 Å². The standard InChI is InChI=1S/C21H24O/c1-3-17-12-14-21(22,15-13-17)20-10-8-19(9-11-20)18-6-4-16(2)5-7-18/h3-11,17,22H,1,12-15H2,2H3. The smallest absolute Gasteiger partial charge is 0.0897 e. The molecule has 0 atom stereocenters. The summed E-state index contributed by atoms with van der Waals surface area (Å²) in [6.45, 7) is 5.97. The van der Waals surface area contributed by atoms with Gasteiger partial charge in [0.25, 0.3) is 0 Å². The Bertz CT molecular complexity index is 629.